The van der Waals surface area contributed by atoms with E-state index >= 15 is 0 Å². The van der Waals surface area contributed by atoms with Crippen LogP contribution in [0.15, 0.2) is 18.2 Å². The lowest BCUT2D eigenvalue weighted by atomic mass is 10.1. The molecule has 2 rings (SSSR count). The van der Waals surface area contributed by atoms with Crippen LogP contribution in [0.25, 0.3) is 0 Å². The van der Waals surface area contributed by atoms with Crippen LogP contribution < -0.4 is 15.5 Å². The molecule has 4 nitrogen and oxygen atoms in total. The van der Waals surface area contributed by atoms with Crippen molar-refractivity contribution in [2.45, 2.75) is 13.5 Å². The van der Waals surface area contributed by atoms with E-state index in [1.54, 1.807) is 0 Å². The van der Waals surface area contributed by atoms with E-state index in [0.29, 0.717) is 6.54 Å². The van der Waals surface area contributed by atoms with Crippen LogP contribution in [-0.4, -0.2) is 32.6 Å². The quantitative estimate of drug-likeness (QED) is 0.796. The van der Waals surface area contributed by atoms with Crippen LogP contribution in [0.2, 0.25) is 0 Å². The Labute approximate surface area is 102 Å². The molecular formula is C13H19N3O. The molecule has 1 aromatic rings. The fourth-order valence-corrected chi connectivity index (χ4v) is 2.13. The van der Waals surface area contributed by atoms with Crippen LogP contribution in [0, 0.1) is 0 Å². The van der Waals surface area contributed by atoms with Crippen LogP contribution in [0.5, 0.6) is 0 Å². The zero-order valence-corrected chi connectivity index (χ0v) is 10.4. The van der Waals surface area contributed by atoms with E-state index in [9.17, 15) is 4.79 Å². The summed E-state index contributed by atoms with van der Waals surface area (Å²) in [6.07, 6.45) is 0. The first-order valence-electron chi connectivity index (χ1n) is 6.07. The number of fused-ring (bicyclic) bond motifs is 1. The van der Waals surface area contributed by atoms with Crippen LogP contribution in [0.4, 0.5) is 5.69 Å². The van der Waals surface area contributed by atoms with Crippen molar-refractivity contribution in [2.24, 2.45) is 0 Å². The second-order valence-corrected chi connectivity index (χ2v) is 4.21. The Morgan fingerprint density at radius 2 is 2.29 bits per heavy atom. The Kier molecular flexibility index (Phi) is 3.64. The van der Waals surface area contributed by atoms with Crippen LogP contribution >= 0.6 is 0 Å². The number of carbonyl (C=O) groups is 1. The van der Waals surface area contributed by atoms with Crippen LogP contribution in [0.1, 0.15) is 22.8 Å². The fraction of sp³-hybridized carbons (Fsp3) is 0.462. The highest BCUT2D eigenvalue weighted by Crippen LogP contribution is 2.22. The lowest BCUT2D eigenvalue weighted by molar-refractivity contribution is 0.0966. The molecule has 1 heterocycles. The molecule has 1 amide bonds. The van der Waals surface area contributed by atoms with Gasteiger partial charge in [0, 0.05) is 37.4 Å². The number of nitrogens with zero attached hydrogens (tertiary/aromatic N) is 1. The predicted octanol–water partition coefficient (Wildman–Crippen LogP) is 0.976. The van der Waals surface area contributed by atoms with Crippen molar-refractivity contribution >= 4 is 11.6 Å². The zero-order chi connectivity index (χ0) is 12.3. The van der Waals surface area contributed by atoms with Crippen molar-refractivity contribution in [1.82, 2.24) is 10.6 Å². The van der Waals surface area contributed by atoms with Gasteiger partial charge in [-0.15, -0.1) is 0 Å². The Bertz CT molecular complexity index is 417. The molecule has 2 N–H and O–H groups in total. The topological polar surface area (TPSA) is 44.4 Å². The van der Waals surface area contributed by atoms with Gasteiger partial charge < -0.3 is 15.5 Å². The molecule has 0 atom stereocenters. The number of nitrogens with one attached hydrogen (secondary N) is 2. The fourth-order valence-electron chi connectivity index (χ4n) is 2.13. The largest absolute Gasteiger partial charge is 0.371 e. The molecule has 0 spiro atoms. The molecule has 4 heteroatoms. The van der Waals surface area contributed by atoms with Crippen LogP contribution in [-0.2, 0) is 6.54 Å². The van der Waals surface area contributed by atoms with Gasteiger partial charge in [0.1, 0.15) is 0 Å². The first-order chi connectivity index (χ1) is 8.26. The molecule has 0 unspecified atom stereocenters. The van der Waals surface area contributed by atoms with Gasteiger partial charge in [-0.2, -0.15) is 0 Å². The standard InChI is InChI=1S/C13H19N3O/c1-3-16(7-6-14-2)11-4-5-12-10(8-11)9-15-13(12)17/h4-5,8,14H,3,6-7,9H2,1-2H3,(H,15,17). The Morgan fingerprint density at radius 3 is 3.00 bits per heavy atom. The predicted molar refractivity (Wildman–Crippen MR) is 69.4 cm³/mol. The van der Waals surface area contributed by atoms with Gasteiger partial charge >= 0.3 is 0 Å². The third-order valence-electron chi connectivity index (χ3n) is 3.15. The highest BCUT2D eigenvalue weighted by Gasteiger charge is 2.19. The maximum absolute atomic E-state index is 11.5. The highest BCUT2D eigenvalue weighted by molar-refractivity contribution is 5.98. The van der Waals surface area contributed by atoms with Gasteiger partial charge in [-0.25, -0.2) is 0 Å². The normalized spacial score (nSPS) is 13.4. The van der Waals surface area contributed by atoms with Gasteiger partial charge in [0.2, 0.25) is 0 Å². The summed E-state index contributed by atoms with van der Waals surface area (Å²) in [6.45, 7) is 5.72. The van der Waals surface area contributed by atoms with Gasteiger partial charge in [-0.3, -0.25) is 4.79 Å². The molecule has 1 aliphatic heterocycles. The summed E-state index contributed by atoms with van der Waals surface area (Å²) in [5.74, 6) is 0.0461. The van der Waals surface area contributed by atoms with Crippen LogP contribution in [0.3, 0.4) is 0 Å². The highest BCUT2D eigenvalue weighted by atomic mass is 16.1. The maximum atomic E-state index is 11.5. The van der Waals surface area contributed by atoms with Gasteiger partial charge in [-0.1, -0.05) is 0 Å². The molecule has 92 valence electrons. The number of rotatable bonds is 5. The summed E-state index contributed by atoms with van der Waals surface area (Å²) >= 11 is 0. The Hall–Kier alpha value is -1.55. The molecule has 0 radical (unpaired) electrons. The Morgan fingerprint density at radius 1 is 1.47 bits per heavy atom. The minimum Gasteiger partial charge on any atom is -0.371 e. The van der Waals surface area contributed by atoms with Crippen molar-refractivity contribution in [3.05, 3.63) is 29.3 Å². The minimum absolute atomic E-state index is 0.0461. The molecular weight excluding hydrogens is 214 g/mol. The third kappa shape index (κ3) is 2.42. The first-order valence-corrected chi connectivity index (χ1v) is 6.07. The average Bonchev–Trinajstić information content (AvgIpc) is 2.72. The minimum atomic E-state index is 0.0461. The average molecular weight is 233 g/mol. The van der Waals surface area contributed by atoms with Crippen molar-refractivity contribution in [1.29, 1.82) is 0 Å². The number of hydrogen-bond acceptors (Lipinski definition) is 3. The monoisotopic (exact) mass is 233 g/mol. The van der Waals surface area contributed by atoms with Gasteiger partial charge in [0.15, 0.2) is 0 Å². The van der Waals surface area contributed by atoms with Gasteiger partial charge in [0.25, 0.3) is 5.91 Å². The number of hydrogen-bond donors (Lipinski definition) is 2. The number of benzene rings is 1. The van der Waals surface area contributed by atoms with E-state index in [1.165, 1.54) is 5.69 Å². The van der Waals surface area contributed by atoms with Crippen molar-refractivity contribution in [2.75, 3.05) is 31.6 Å². The van der Waals surface area contributed by atoms with E-state index in [2.05, 4.69) is 28.5 Å². The second-order valence-electron chi connectivity index (χ2n) is 4.21. The number of anilines is 1. The summed E-state index contributed by atoms with van der Waals surface area (Å²) in [5.41, 5.74) is 3.12. The van der Waals surface area contributed by atoms with Gasteiger partial charge in [-0.05, 0) is 37.7 Å². The molecule has 1 aliphatic rings. The van der Waals surface area contributed by atoms with Crippen molar-refractivity contribution in [3.63, 3.8) is 0 Å². The number of likely N-dealkylation sites (N-methyl/N-ethyl adjacent to an activating group) is 2. The summed E-state index contributed by atoms with van der Waals surface area (Å²) < 4.78 is 0. The maximum Gasteiger partial charge on any atom is 0.251 e. The number of carbonyl (C=O) groups excluding carboxylic acids is 1. The van der Waals surface area contributed by atoms with E-state index in [1.807, 2.05) is 19.2 Å². The van der Waals surface area contributed by atoms with E-state index in [0.717, 1.165) is 30.8 Å². The molecule has 0 saturated heterocycles. The zero-order valence-electron chi connectivity index (χ0n) is 10.4. The van der Waals surface area contributed by atoms with Crippen molar-refractivity contribution < 1.29 is 4.79 Å². The van der Waals surface area contributed by atoms with E-state index in [-0.39, 0.29) is 5.91 Å². The van der Waals surface area contributed by atoms with Gasteiger partial charge in [0.05, 0.1) is 0 Å². The summed E-state index contributed by atoms with van der Waals surface area (Å²) in [4.78, 5) is 13.8. The molecule has 0 saturated carbocycles. The molecule has 0 aliphatic carbocycles. The van der Waals surface area contributed by atoms with Crippen molar-refractivity contribution in [3.8, 4) is 0 Å². The third-order valence-corrected chi connectivity index (χ3v) is 3.15. The second kappa shape index (κ2) is 5.19. The molecule has 17 heavy (non-hydrogen) atoms. The SMILES string of the molecule is CCN(CCNC)c1ccc2c(c1)CNC2=O. The van der Waals surface area contributed by atoms with E-state index in [4.69, 9.17) is 0 Å². The molecule has 1 aromatic carbocycles. The first kappa shape index (κ1) is 11.9. The molecule has 0 aromatic heterocycles. The Balaban J connectivity index is 2.18. The molecule has 0 bridgehead atoms. The summed E-state index contributed by atoms with van der Waals surface area (Å²) in [5, 5.41) is 6.00. The lowest BCUT2D eigenvalue weighted by Gasteiger charge is -2.23. The van der Waals surface area contributed by atoms with E-state index < -0.39 is 0 Å². The summed E-state index contributed by atoms with van der Waals surface area (Å²) in [6, 6.07) is 6.07. The summed E-state index contributed by atoms with van der Waals surface area (Å²) in [7, 11) is 1.96. The smallest absolute Gasteiger partial charge is 0.251 e. The molecule has 0 fully saturated rings. The lowest BCUT2D eigenvalue weighted by Crippen LogP contribution is -2.30. The number of amides is 1.